The number of hydrogen-bond donors (Lipinski definition) is 2. The van der Waals surface area contributed by atoms with Crippen molar-refractivity contribution >= 4 is 40.9 Å². The number of benzene rings is 3. The molecule has 0 radical (unpaired) electrons. The second-order valence-electron chi connectivity index (χ2n) is 9.26. The molecule has 3 aromatic carbocycles. The summed E-state index contributed by atoms with van der Waals surface area (Å²) in [6.45, 7) is 6.50. The number of amides is 1. The summed E-state index contributed by atoms with van der Waals surface area (Å²) < 4.78 is 7.91. The van der Waals surface area contributed by atoms with E-state index in [1.807, 2.05) is 86.6 Å². The summed E-state index contributed by atoms with van der Waals surface area (Å²) in [6.07, 6.45) is 0.869. The van der Waals surface area contributed by atoms with Crippen molar-refractivity contribution in [3.8, 4) is 5.75 Å². The van der Waals surface area contributed by atoms with Gasteiger partial charge in [0.25, 0.3) is 5.91 Å². The lowest BCUT2D eigenvalue weighted by atomic mass is 9.94. The van der Waals surface area contributed by atoms with E-state index in [2.05, 4.69) is 17.6 Å². The summed E-state index contributed by atoms with van der Waals surface area (Å²) in [6, 6.07) is 22.7. The first-order valence-corrected chi connectivity index (χ1v) is 14.2. The van der Waals surface area contributed by atoms with Crippen LogP contribution in [0.5, 0.6) is 5.75 Å². The van der Waals surface area contributed by atoms with Crippen LogP contribution in [-0.4, -0.2) is 27.3 Å². The molecule has 1 aliphatic heterocycles. The fourth-order valence-electron chi connectivity index (χ4n) is 4.48. The molecule has 0 fully saturated rings. The van der Waals surface area contributed by atoms with Gasteiger partial charge < -0.3 is 15.4 Å². The molecule has 0 saturated heterocycles. The van der Waals surface area contributed by atoms with Crippen molar-refractivity contribution in [2.75, 3.05) is 17.2 Å². The van der Waals surface area contributed by atoms with E-state index in [9.17, 15) is 4.79 Å². The number of anilines is 2. The number of rotatable bonds is 9. The number of para-hydroxylation sites is 2. The van der Waals surface area contributed by atoms with Crippen LogP contribution >= 0.6 is 23.4 Å². The molecular weight excluding hydrogens is 530 g/mol. The van der Waals surface area contributed by atoms with Gasteiger partial charge in [-0.05, 0) is 49.6 Å². The molecule has 1 aliphatic rings. The molecule has 0 aliphatic carbocycles. The molecule has 200 valence electrons. The summed E-state index contributed by atoms with van der Waals surface area (Å²) in [7, 11) is 0. The van der Waals surface area contributed by atoms with E-state index in [1.54, 1.807) is 4.68 Å². The van der Waals surface area contributed by atoms with Crippen LogP contribution in [0.2, 0.25) is 5.02 Å². The second-order valence-corrected chi connectivity index (χ2v) is 10.6. The summed E-state index contributed by atoms with van der Waals surface area (Å²) in [4.78, 5) is 18.6. The monoisotopic (exact) mass is 559 g/mol. The van der Waals surface area contributed by atoms with Crippen molar-refractivity contribution in [3.63, 3.8) is 0 Å². The van der Waals surface area contributed by atoms with Crippen LogP contribution in [0.4, 0.5) is 11.6 Å². The Hall–Kier alpha value is -3.75. The molecule has 0 bridgehead atoms. The maximum absolute atomic E-state index is 13.9. The molecule has 1 aromatic heterocycles. The van der Waals surface area contributed by atoms with Crippen LogP contribution < -0.4 is 15.4 Å². The van der Waals surface area contributed by atoms with Crippen LogP contribution in [0, 0.1) is 6.92 Å². The van der Waals surface area contributed by atoms with Crippen LogP contribution in [0.3, 0.4) is 0 Å². The molecular formula is C30H30ClN5O2S. The topological polar surface area (TPSA) is 81.1 Å². The highest BCUT2D eigenvalue weighted by molar-refractivity contribution is 7.98. The number of hydrogen-bond acceptors (Lipinski definition) is 6. The van der Waals surface area contributed by atoms with Crippen molar-refractivity contribution in [1.82, 2.24) is 14.8 Å². The number of nitrogens with zero attached hydrogens (tertiary/aromatic N) is 3. The van der Waals surface area contributed by atoms with E-state index in [1.165, 1.54) is 11.8 Å². The maximum atomic E-state index is 13.9. The molecule has 0 saturated carbocycles. The van der Waals surface area contributed by atoms with Crippen molar-refractivity contribution in [3.05, 3.63) is 106 Å². The SMILES string of the molecule is CCCOc1ccccc1C1C(C(=O)Nc2ccccc2C)=C(C)Nc2nc(SCc3ccccc3Cl)nn21. The minimum Gasteiger partial charge on any atom is -0.493 e. The number of fused-ring (bicyclic) bond motifs is 1. The predicted molar refractivity (Wildman–Crippen MR) is 158 cm³/mol. The molecule has 4 aromatic rings. The number of aryl methyl sites for hydroxylation is 1. The van der Waals surface area contributed by atoms with E-state index in [-0.39, 0.29) is 5.91 Å². The molecule has 1 amide bonds. The highest BCUT2D eigenvalue weighted by Crippen LogP contribution is 2.40. The van der Waals surface area contributed by atoms with Gasteiger partial charge in [-0.15, -0.1) is 5.10 Å². The lowest BCUT2D eigenvalue weighted by Crippen LogP contribution is -2.32. The third-order valence-corrected chi connectivity index (χ3v) is 7.72. The average Bonchev–Trinajstić information content (AvgIpc) is 3.34. The van der Waals surface area contributed by atoms with Gasteiger partial charge in [0.15, 0.2) is 0 Å². The van der Waals surface area contributed by atoms with Gasteiger partial charge in [0, 0.05) is 27.7 Å². The molecule has 1 atom stereocenters. The molecule has 5 rings (SSSR count). The van der Waals surface area contributed by atoms with Gasteiger partial charge in [-0.1, -0.05) is 84.9 Å². The first-order chi connectivity index (χ1) is 19.0. The van der Waals surface area contributed by atoms with Gasteiger partial charge >= 0.3 is 0 Å². The number of halogens is 1. The maximum Gasteiger partial charge on any atom is 0.255 e. The largest absolute Gasteiger partial charge is 0.493 e. The molecule has 1 unspecified atom stereocenters. The minimum absolute atomic E-state index is 0.212. The smallest absolute Gasteiger partial charge is 0.255 e. The van der Waals surface area contributed by atoms with Crippen LogP contribution in [0.1, 0.15) is 43.0 Å². The first kappa shape index (κ1) is 26.8. The van der Waals surface area contributed by atoms with Crippen molar-refractivity contribution in [2.45, 2.75) is 44.1 Å². The second kappa shape index (κ2) is 12.0. The van der Waals surface area contributed by atoms with Crippen molar-refractivity contribution in [1.29, 1.82) is 0 Å². The number of carbonyl (C=O) groups excluding carboxylic acids is 1. The summed E-state index contributed by atoms with van der Waals surface area (Å²) >= 11 is 7.86. The third-order valence-electron chi connectivity index (χ3n) is 6.46. The summed E-state index contributed by atoms with van der Waals surface area (Å²) in [5.74, 6) is 1.69. The van der Waals surface area contributed by atoms with E-state index < -0.39 is 6.04 Å². The fourth-order valence-corrected chi connectivity index (χ4v) is 5.60. The predicted octanol–water partition coefficient (Wildman–Crippen LogP) is 7.25. The quantitative estimate of drug-likeness (QED) is 0.210. The number of carbonyl (C=O) groups is 1. The van der Waals surface area contributed by atoms with Gasteiger partial charge in [-0.25, -0.2) is 4.68 Å². The Morgan fingerprint density at radius 2 is 1.82 bits per heavy atom. The molecule has 2 N–H and O–H groups in total. The van der Waals surface area contributed by atoms with Crippen molar-refractivity contribution in [2.24, 2.45) is 0 Å². The summed E-state index contributed by atoms with van der Waals surface area (Å²) in [5, 5.41) is 12.6. The number of nitrogens with one attached hydrogen (secondary N) is 2. The number of allylic oxidation sites excluding steroid dienone is 1. The normalized spacial score (nSPS) is 14.5. The highest BCUT2D eigenvalue weighted by atomic mass is 35.5. The van der Waals surface area contributed by atoms with Crippen molar-refractivity contribution < 1.29 is 9.53 Å². The van der Waals surface area contributed by atoms with E-state index >= 15 is 0 Å². The number of aromatic nitrogens is 3. The molecule has 2 heterocycles. The highest BCUT2D eigenvalue weighted by Gasteiger charge is 2.36. The van der Waals surface area contributed by atoms with Crippen LogP contribution in [0.15, 0.2) is 89.2 Å². The Balaban J connectivity index is 1.54. The number of ether oxygens (including phenoxy) is 1. The molecule has 0 spiro atoms. The van der Waals surface area contributed by atoms with Gasteiger partial charge in [-0.2, -0.15) is 4.98 Å². The zero-order valence-corrected chi connectivity index (χ0v) is 23.6. The Kier molecular flexibility index (Phi) is 8.24. The first-order valence-electron chi connectivity index (χ1n) is 12.9. The van der Waals surface area contributed by atoms with E-state index in [4.69, 9.17) is 26.4 Å². The fraction of sp³-hybridized carbons (Fsp3) is 0.233. The Labute approximate surface area is 237 Å². The molecule has 7 nitrogen and oxygen atoms in total. The third kappa shape index (κ3) is 5.82. The molecule has 9 heteroatoms. The average molecular weight is 560 g/mol. The van der Waals surface area contributed by atoms with Gasteiger partial charge in [0.05, 0.1) is 12.2 Å². The minimum atomic E-state index is -0.541. The Morgan fingerprint density at radius 1 is 1.08 bits per heavy atom. The molecule has 39 heavy (non-hydrogen) atoms. The lowest BCUT2D eigenvalue weighted by molar-refractivity contribution is -0.113. The zero-order valence-electron chi connectivity index (χ0n) is 22.1. The van der Waals surface area contributed by atoms with Gasteiger partial charge in [0.2, 0.25) is 11.1 Å². The zero-order chi connectivity index (χ0) is 27.4. The Bertz CT molecular complexity index is 1530. The number of thioether (sulfide) groups is 1. The van der Waals surface area contributed by atoms with E-state index in [0.717, 1.165) is 28.8 Å². The summed E-state index contributed by atoms with van der Waals surface area (Å²) in [5.41, 5.74) is 4.85. The van der Waals surface area contributed by atoms with Crippen LogP contribution in [0.25, 0.3) is 0 Å². The van der Waals surface area contributed by atoms with E-state index in [0.29, 0.717) is 45.5 Å². The lowest BCUT2D eigenvalue weighted by Gasteiger charge is -2.29. The standard InChI is InChI=1S/C30H30ClN5O2S/c1-4-17-38-25-16-10-7-13-22(25)27-26(28(37)33-24-15-9-5-11-19(24)2)20(3)32-29-34-30(35-36(27)29)39-18-21-12-6-8-14-23(21)31/h5-16,27H,4,17-18H2,1-3H3,(H,33,37)(H,32,34,35). The van der Waals surface area contributed by atoms with Crippen LogP contribution in [-0.2, 0) is 10.5 Å². The van der Waals surface area contributed by atoms with Gasteiger partial charge in [0.1, 0.15) is 11.8 Å². The Morgan fingerprint density at radius 3 is 2.62 bits per heavy atom. The van der Waals surface area contributed by atoms with Gasteiger partial charge in [-0.3, -0.25) is 4.79 Å².